The molecule has 0 N–H and O–H groups in total. The summed E-state index contributed by atoms with van der Waals surface area (Å²) < 4.78 is 0. The van der Waals surface area contributed by atoms with Crippen LogP contribution in [0.25, 0.3) is 0 Å². The Kier molecular flexibility index (Phi) is 3.16. The second-order valence-electron chi connectivity index (χ2n) is 3.64. The molecular weight excluding hydrogens is 218 g/mol. The first-order chi connectivity index (χ1) is 5.54. The zero-order valence-corrected chi connectivity index (χ0v) is 9.47. The molecule has 0 heterocycles. The molecule has 2 atom stereocenters. The number of nitrogens with zero attached hydrogens (tertiary/aromatic N) is 1. The van der Waals surface area contributed by atoms with Crippen LogP contribution >= 0.6 is 15.9 Å². The van der Waals surface area contributed by atoms with Gasteiger partial charge in [-0.2, -0.15) is 0 Å². The number of hydrogen-bond donors (Lipinski definition) is 0. The summed E-state index contributed by atoms with van der Waals surface area (Å²) in [5.41, 5.74) is 0. The zero-order valence-electron chi connectivity index (χ0n) is 7.88. The van der Waals surface area contributed by atoms with Crippen LogP contribution in [-0.4, -0.2) is 28.7 Å². The molecule has 1 saturated carbocycles. The van der Waals surface area contributed by atoms with Crippen LogP contribution in [-0.2, 0) is 4.79 Å². The molecule has 1 aliphatic rings. The van der Waals surface area contributed by atoms with E-state index in [1.54, 1.807) is 0 Å². The summed E-state index contributed by atoms with van der Waals surface area (Å²) in [6, 6.07) is 0.414. The van der Waals surface area contributed by atoms with Gasteiger partial charge in [0, 0.05) is 13.1 Å². The standard InChI is InChI=1S/C9H16BrNO/c1-6(10)9(12)11(3)7(2)8-4-5-8/h6-8H,4-5H2,1-3H3. The third-order valence-electron chi connectivity index (χ3n) is 2.60. The van der Waals surface area contributed by atoms with Crippen molar-refractivity contribution in [3.05, 3.63) is 0 Å². The Morgan fingerprint density at radius 3 is 2.33 bits per heavy atom. The largest absolute Gasteiger partial charge is 0.342 e. The number of rotatable bonds is 3. The van der Waals surface area contributed by atoms with Crippen molar-refractivity contribution in [3.63, 3.8) is 0 Å². The number of halogens is 1. The monoisotopic (exact) mass is 233 g/mol. The Morgan fingerprint density at radius 2 is 2.00 bits per heavy atom. The van der Waals surface area contributed by atoms with Crippen LogP contribution < -0.4 is 0 Å². The van der Waals surface area contributed by atoms with Gasteiger partial charge in [0.1, 0.15) is 0 Å². The summed E-state index contributed by atoms with van der Waals surface area (Å²) in [6.45, 7) is 4.00. The lowest BCUT2D eigenvalue weighted by molar-refractivity contribution is -0.131. The molecule has 2 nitrogen and oxygen atoms in total. The van der Waals surface area contributed by atoms with Crippen LogP contribution in [0.4, 0.5) is 0 Å². The summed E-state index contributed by atoms with van der Waals surface area (Å²) >= 11 is 3.29. The summed E-state index contributed by atoms with van der Waals surface area (Å²) in [4.78, 5) is 13.3. The quantitative estimate of drug-likeness (QED) is 0.684. The molecule has 0 spiro atoms. The van der Waals surface area contributed by atoms with E-state index in [-0.39, 0.29) is 10.7 Å². The Hall–Kier alpha value is -0.0500. The second-order valence-corrected chi connectivity index (χ2v) is 5.02. The zero-order chi connectivity index (χ0) is 9.30. The first kappa shape index (κ1) is 10.0. The van der Waals surface area contributed by atoms with E-state index >= 15 is 0 Å². The lowest BCUT2D eigenvalue weighted by Gasteiger charge is -2.25. The highest BCUT2D eigenvalue weighted by atomic mass is 79.9. The van der Waals surface area contributed by atoms with Crippen LogP contribution in [0.5, 0.6) is 0 Å². The molecule has 70 valence electrons. The fourth-order valence-electron chi connectivity index (χ4n) is 1.38. The Bertz CT molecular complexity index is 177. The predicted molar refractivity (Wildman–Crippen MR) is 53.3 cm³/mol. The minimum Gasteiger partial charge on any atom is -0.342 e. The normalized spacial score (nSPS) is 21.7. The minimum absolute atomic E-state index is 0.0521. The maximum absolute atomic E-state index is 11.5. The molecule has 1 rings (SSSR count). The van der Waals surface area contributed by atoms with Crippen LogP contribution in [0.2, 0.25) is 0 Å². The van der Waals surface area contributed by atoms with Crippen molar-refractivity contribution in [3.8, 4) is 0 Å². The molecule has 0 bridgehead atoms. The number of hydrogen-bond acceptors (Lipinski definition) is 1. The summed E-state index contributed by atoms with van der Waals surface area (Å²) in [7, 11) is 1.89. The molecular formula is C9H16BrNO. The first-order valence-electron chi connectivity index (χ1n) is 4.44. The lowest BCUT2D eigenvalue weighted by Crippen LogP contribution is -2.39. The number of amides is 1. The highest BCUT2D eigenvalue weighted by molar-refractivity contribution is 9.10. The van der Waals surface area contributed by atoms with E-state index in [1.165, 1.54) is 12.8 Å². The molecule has 12 heavy (non-hydrogen) atoms. The number of carbonyl (C=O) groups excluding carboxylic acids is 1. The van der Waals surface area contributed by atoms with Crippen molar-refractivity contribution >= 4 is 21.8 Å². The molecule has 1 aliphatic carbocycles. The van der Waals surface area contributed by atoms with E-state index in [1.807, 2.05) is 18.9 Å². The lowest BCUT2D eigenvalue weighted by atomic mass is 10.2. The predicted octanol–water partition coefficient (Wildman–Crippen LogP) is 2.03. The van der Waals surface area contributed by atoms with Gasteiger partial charge >= 0.3 is 0 Å². The molecule has 3 heteroatoms. The average molecular weight is 234 g/mol. The Morgan fingerprint density at radius 1 is 1.50 bits per heavy atom. The van der Waals surface area contributed by atoms with Gasteiger partial charge in [0.2, 0.25) is 5.91 Å². The third kappa shape index (κ3) is 2.22. The smallest absolute Gasteiger partial charge is 0.236 e. The maximum Gasteiger partial charge on any atom is 0.236 e. The first-order valence-corrected chi connectivity index (χ1v) is 5.36. The summed E-state index contributed by atoms with van der Waals surface area (Å²) in [5.74, 6) is 0.944. The number of alkyl halides is 1. The molecule has 1 amide bonds. The molecule has 0 aliphatic heterocycles. The molecule has 0 aromatic heterocycles. The van der Waals surface area contributed by atoms with E-state index in [9.17, 15) is 4.79 Å². The second kappa shape index (κ2) is 3.77. The highest BCUT2D eigenvalue weighted by Crippen LogP contribution is 2.34. The van der Waals surface area contributed by atoms with Crippen LogP contribution in [0, 0.1) is 5.92 Å². The van der Waals surface area contributed by atoms with Gasteiger partial charge in [0.25, 0.3) is 0 Å². The van der Waals surface area contributed by atoms with Crippen LogP contribution in [0.15, 0.2) is 0 Å². The topological polar surface area (TPSA) is 20.3 Å². The van der Waals surface area contributed by atoms with Crippen LogP contribution in [0.3, 0.4) is 0 Å². The van der Waals surface area contributed by atoms with E-state index in [4.69, 9.17) is 0 Å². The Labute approximate surface area is 82.4 Å². The van der Waals surface area contributed by atoms with Gasteiger partial charge in [0.05, 0.1) is 4.83 Å². The van der Waals surface area contributed by atoms with Crippen molar-refractivity contribution in [2.45, 2.75) is 37.6 Å². The SMILES string of the molecule is CC(Br)C(=O)N(C)C(C)C1CC1. The van der Waals surface area contributed by atoms with Crippen molar-refractivity contribution in [1.82, 2.24) is 4.90 Å². The fourth-order valence-corrected chi connectivity index (χ4v) is 1.70. The fraction of sp³-hybridized carbons (Fsp3) is 0.889. The molecule has 0 aromatic carbocycles. The molecule has 0 saturated heterocycles. The van der Waals surface area contributed by atoms with Gasteiger partial charge < -0.3 is 4.90 Å². The molecule has 1 fully saturated rings. The van der Waals surface area contributed by atoms with Crippen molar-refractivity contribution < 1.29 is 4.79 Å². The summed E-state index contributed by atoms with van der Waals surface area (Å²) in [5, 5.41) is 0. The highest BCUT2D eigenvalue weighted by Gasteiger charge is 2.33. The third-order valence-corrected chi connectivity index (χ3v) is 2.99. The van der Waals surface area contributed by atoms with E-state index in [2.05, 4.69) is 22.9 Å². The Balaban J connectivity index is 2.44. The van der Waals surface area contributed by atoms with Gasteiger partial charge in [-0.05, 0) is 32.6 Å². The molecule has 0 radical (unpaired) electrons. The number of carbonyl (C=O) groups is 1. The maximum atomic E-state index is 11.5. The van der Waals surface area contributed by atoms with Gasteiger partial charge in [-0.25, -0.2) is 0 Å². The molecule has 0 aromatic rings. The van der Waals surface area contributed by atoms with Gasteiger partial charge in [0.15, 0.2) is 0 Å². The van der Waals surface area contributed by atoms with Crippen molar-refractivity contribution in [2.75, 3.05) is 7.05 Å². The van der Waals surface area contributed by atoms with E-state index < -0.39 is 0 Å². The summed E-state index contributed by atoms with van der Waals surface area (Å²) in [6.07, 6.45) is 2.57. The van der Waals surface area contributed by atoms with Gasteiger partial charge in [-0.3, -0.25) is 4.79 Å². The minimum atomic E-state index is -0.0521. The van der Waals surface area contributed by atoms with E-state index in [0.717, 1.165) is 5.92 Å². The average Bonchev–Trinajstić information content (AvgIpc) is 2.82. The van der Waals surface area contributed by atoms with E-state index in [0.29, 0.717) is 6.04 Å². The van der Waals surface area contributed by atoms with Crippen LogP contribution in [0.1, 0.15) is 26.7 Å². The van der Waals surface area contributed by atoms with Gasteiger partial charge in [-0.15, -0.1) is 0 Å². The van der Waals surface area contributed by atoms with Crippen molar-refractivity contribution in [2.24, 2.45) is 5.92 Å². The van der Waals surface area contributed by atoms with Gasteiger partial charge in [-0.1, -0.05) is 15.9 Å². The molecule has 2 unspecified atom stereocenters. The van der Waals surface area contributed by atoms with Crippen molar-refractivity contribution in [1.29, 1.82) is 0 Å².